The van der Waals surface area contributed by atoms with E-state index < -0.39 is 77.8 Å². The van der Waals surface area contributed by atoms with Crippen molar-refractivity contribution in [3.8, 4) is 11.5 Å². The Morgan fingerprint density at radius 3 is 2.16 bits per heavy atom. The normalized spacial score (nSPS) is 36.9. The quantitative estimate of drug-likeness (QED) is 0.155. The van der Waals surface area contributed by atoms with Crippen LogP contribution in [0.1, 0.15) is 112 Å². The van der Waals surface area contributed by atoms with E-state index in [0.29, 0.717) is 56.3 Å². The van der Waals surface area contributed by atoms with Crippen LogP contribution in [-0.2, 0) is 42.9 Å². The first kappa shape index (κ1) is 51.3. The summed E-state index contributed by atoms with van der Waals surface area (Å²) in [4.78, 5) is 58.3. The lowest BCUT2D eigenvalue weighted by Crippen LogP contribution is -2.64. The highest BCUT2D eigenvalue weighted by Crippen LogP contribution is 2.39. The summed E-state index contributed by atoms with van der Waals surface area (Å²) in [6.45, 7) is 11.3. The number of Topliss-reactive ketones (excluding diaryl/α,β-unsaturated/α-hetero) is 2. The van der Waals surface area contributed by atoms with Crippen molar-refractivity contribution in [2.24, 2.45) is 29.6 Å². The summed E-state index contributed by atoms with van der Waals surface area (Å²) in [6.07, 6.45) is 4.55. The van der Waals surface area contributed by atoms with Gasteiger partial charge in [0.05, 0.1) is 31.5 Å². The van der Waals surface area contributed by atoms with Crippen molar-refractivity contribution in [1.29, 1.82) is 0 Å². The van der Waals surface area contributed by atoms with Crippen molar-refractivity contribution in [3.05, 3.63) is 47.6 Å². The van der Waals surface area contributed by atoms with Gasteiger partial charge in [0.15, 0.2) is 0 Å². The molecule has 3 heterocycles. The zero-order valence-electron chi connectivity index (χ0n) is 39.8. The first-order valence-corrected chi connectivity index (χ1v) is 23.4. The Bertz CT molecular complexity index is 1800. The molecule has 14 nitrogen and oxygen atoms in total. The van der Waals surface area contributed by atoms with Crippen molar-refractivity contribution >= 4 is 23.4 Å². The Morgan fingerprint density at radius 1 is 0.859 bits per heavy atom. The zero-order chi connectivity index (χ0) is 46.9. The van der Waals surface area contributed by atoms with E-state index in [0.717, 1.165) is 17.7 Å². The lowest BCUT2D eigenvalue weighted by atomic mass is 9.81. The van der Waals surface area contributed by atoms with Gasteiger partial charge in [-0.3, -0.25) is 14.4 Å². The van der Waals surface area contributed by atoms with Gasteiger partial charge in [-0.05, 0) is 120 Å². The van der Waals surface area contributed by atoms with E-state index in [1.165, 1.54) is 19.1 Å². The summed E-state index contributed by atoms with van der Waals surface area (Å²) in [5.41, 5.74) is 1.68. The maximum Gasteiger partial charge on any atom is 0.329 e. The summed E-state index contributed by atoms with van der Waals surface area (Å²) in [7, 11) is 6.35. The Hall–Kier alpha value is -3.66. The number of ketones is 2. The maximum atomic E-state index is 14.5. The summed E-state index contributed by atoms with van der Waals surface area (Å²) in [5.74, 6) is -6.06. The van der Waals surface area contributed by atoms with Gasteiger partial charge in [0.1, 0.15) is 41.6 Å². The lowest BCUT2D eigenvalue weighted by molar-refractivity contribution is -0.302. The van der Waals surface area contributed by atoms with Gasteiger partial charge in [-0.1, -0.05) is 45.4 Å². The van der Waals surface area contributed by atoms with Crippen LogP contribution in [-0.4, -0.2) is 128 Å². The molecule has 2 saturated heterocycles. The molecule has 1 amide bonds. The topological polar surface area (TPSA) is 177 Å². The highest BCUT2D eigenvalue weighted by Gasteiger charge is 2.56. The minimum absolute atomic E-state index is 0.0123. The smallest absolute Gasteiger partial charge is 0.329 e. The number of esters is 1. The predicted molar refractivity (Wildman–Crippen MR) is 239 cm³/mol. The van der Waals surface area contributed by atoms with E-state index in [1.807, 2.05) is 51.1 Å². The van der Waals surface area contributed by atoms with Gasteiger partial charge in [0.25, 0.3) is 11.7 Å². The molecule has 0 radical (unpaired) electrons. The number of methoxy groups -OCH3 is 4. The number of aliphatic hydroxyl groups excluding tert-OH is 1. The summed E-state index contributed by atoms with van der Waals surface area (Å²) >= 11 is 0. The van der Waals surface area contributed by atoms with Crippen LogP contribution >= 0.6 is 0 Å². The predicted octanol–water partition coefficient (Wildman–Crippen LogP) is 6.57. The van der Waals surface area contributed by atoms with Crippen LogP contribution in [0.15, 0.2) is 47.6 Å². The number of benzene rings is 1. The fourth-order valence-electron chi connectivity index (χ4n) is 10.3. The van der Waals surface area contributed by atoms with E-state index in [4.69, 9.17) is 33.2 Å². The summed E-state index contributed by atoms with van der Waals surface area (Å²) in [6, 6.07) is 6.28. The average Bonchev–Trinajstić information content (AvgIpc) is 3.29. The van der Waals surface area contributed by atoms with Crippen LogP contribution in [0.3, 0.4) is 0 Å². The van der Waals surface area contributed by atoms with Gasteiger partial charge in [0.2, 0.25) is 5.79 Å². The Balaban J connectivity index is 1.48. The first-order valence-electron chi connectivity index (χ1n) is 23.4. The molecule has 5 rings (SSSR count). The van der Waals surface area contributed by atoms with Crippen LogP contribution in [0.2, 0.25) is 0 Å². The number of amides is 1. The third-order valence-electron chi connectivity index (χ3n) is 14.2. The zero-order valence-corrected chi connectivity index (χ0v) is 39.8. The molecule has 2 N–H and O–H groups in total. The number of piperidine rings is 1. The van der Waals surface area contributed by atoms with E-state index >= 15 is 0 Å². The number of allylic oxidation sites excluding steroid dienone is 3. The number of rotatable bonds is 9. The second-order valence-corrected chi connectivity index (χ2v) is 18.9. The number of nitrogens with zero attached hydrogens (tertiary/aromatic N) is 1. The molecule has 2 bridgehead atoms. The molecule has 1 saturated carbocycles. The monoisotopic (exact) mass is 898 g/mol. The van der Waals surface area contributed by atoms with E-state index in [1.54, 1.807) is 28.1 Å². The molecular weight excluding hydrogens is 823 g/mol. The van der Waals surface area contributed by atoms with Crippen LogP contribution in [0, 0.1) is 29.6 Å². The number of aliphatic hydroxyl groups is 2. The SMILES string of the molecule is CCC1C=C(C)CC(C)CC(OC)C2OC(O)(C(=O)C(=O)N3CCCCC3C(=O)OC(C(C)=CC3CCC(Oc4ccc(OC)cc4)C(OC)C3)C(C)C(O)CC1=O)C(C)CC2OC. The lowest BCUT2D eigenvalue weighted by Gasteiger charge is -2.47. The van der Waals surface area contributed by atoms with Crippen molar-refractivity contribution in [3.63, 3.8) is 0 Å². The second-order valence-electron chi connectivity index (χ2n) is 18.9. The summed E-state index contributed by atoms with van der Waals surface area (Å²) in [5, 5.41) is 23.9. The minimum Gasteiger partial charge on any atom is -0.497 e. The molecule has 3 aliphatic heterocycles. The first-order chi connectivity index (χ1) is 30.5. The number of cyclic esters (lactones) is 1. The molecule has 14 heteroatoms. The molecule has 1 aliphatic carbocycles. The maximum absolute atomic E-state index is 14.5. The van der Waals surface area contributed by atoms with Crippen molar-refractivity contribution < 1.29 is 62.5 Å². The van der Waals surface area contributed by atoms with Gasteiger partial charge in [-0.15, -0.1) is 0 Å². The van der Waals surface area contributed by atoms with Crippen LogP contribution in [0.25, 0.3) is 0 Å². The molecule has 0 spiro atoms. The molecule has 14 unspecified atom stereocenters. The Morgan fingerprint density at radius 2 is 1.52 bits per heavy atom. The van der Waals surface area contributed by atoms with Crippen LogP contribution in [0.5, 0.6) is 11.5 Å². The molecule has 3 fully saturated rings. The number of hydrogen-bond donors (Lipinski definition) is 2. The van der Waals surface area contributed by atoms with Crippen LogP contribution < -0.4 is 9.47 Å². The van der Waals surface area contributed by atoms with Crippen molar-refractivity contribution in [1.82, 2.24) is 4.90 Å². The standard InChI is InChI=1S/C50H75NO13/c1-11-35-23-29(2)22-30(3)24-43(60-9)46-44(61-10)26-32(5)50(57,64-46)47(54)48(55)51-21-13-12-14-38(51)49(56)63-45(33(6)39(52)28-40(35)53)31(4)25-34-15-20-41(42(27-34)59-8)62-37-18-16-36(58-7)17-19-37/h16-19,23,25,30,32-35,38-39,41-46,52,57H,11-15,20-22,24,26-28H2,1-10H3. The number of carbonyl (C=O) groups is 4. The Labute approximate surface area is 380 Å². The third kappa shape index (κ3) is 12.2. The minimum atomic E-state index is -2.51. The second kappa shape index (κ2) is 23.2. The average molecular weight is 898 g/mol. The molecule has 4 aliphatic rings. The molecular formula is C50H75NO13. The van der Waals surface area contributed by atoms with Gasteiger partial charge >= 0.3 is 5.97 Å². The molecule has 14 atom stereocenters. The number of ether oxygens (including phenoxy) is 7. The Kier molecular flexibility index (Phi) is 18.6. The van der Waals surface area contributed by atoms with E-state index in [2.05, 4.69) is 13.0 Å². The van der Waals surface area contributed by atoms with E-state index in [-0.39, 0.29) is 55.6 Å². The van der Waals surface area contributed by atoms with Gasteiger partial charge in [0, 0.05) is 52.0 Å². The fraction of sp³-hybridized carbons (Fsp3) is 0.720. The number of hydrogen-bond acceptors (Lipinski definition) is 13. The van der Waals surface area contributed by atoms with Crippen LogP contribution in [0.4, 0.5) is 0 Å². The highest BCUT2D eigenvalue weighted by atomic mass is 16.7. The molecule has 64 heavy (non-hydrogen) atoms. The third-order valence-corrected chi connectivity index (χ3v) is 14.2. The van der Waals surface area contributed by atoms with Crippen molar-refractivity contribution in [2.45, 2.75) is 167 Å². The molecule has 1 aromatic rings. The molecule has 0 aromatic heterocycles. The summed E-state index contributed by atoms with van der Waals surface area (Å²) < 4.78 is 42.0. The van der Waals surface area contributed by atoms with Crippen molar-refractivity contribution in [2.75, 3.05) is 35.0 Å². The fourth-order valence-corrected chi connectivity index (χ4v) is 10.3. The molecule has 1 aromatic carbocycles. The number of carbonyl (C=O) groups excluding carboxylic acids is 4. The van der Waals surface area contributed by atoms with E-state index in [9.17, 15) is 29.4 Å². The largest absolute Gasteiger partial charge is 0.497 e. The van der Waals surface area contributed by atoms with Gasteiger partial charge in [-0.25, -0.2) is 4.79 Å². The van der Waals surface area contributed by atoms with Gasteiger partial charge < -0.3 is 48.3 Å². The highest BCUT2D eigenvalue weighted by molar-refractivity contribution is 6.39. The van der Waals surface area contributed by atoms with Gasteiger partial charge in [-0.2, -0.15) is 0 Å². The number of fused-ring (bicyclic) bond motifs is 3. The molecule has 358 valence electrons.